The van der Waals surface area contributed by atoms with Crippen LogP contribution in [0.5, 0.6) is 0 Å². The Bertz CT molecular complexity index is 591. The van der Waals surface area contributed by atoms with Crippen molar-refractivity contribution in [2.45, 2.75) is 31.2 Å². The number of hydrogen-bond donors (Lipinski definition) is 2. The highest BCUT2D eigenvalue weighted by molar-refractivity contribution is 7.90. The molecule has 106 valence electrons. The zero-order chi connectivity index (χ0) is 14.8. The second kappa shape index (κ2) is 5.30. The van der Waals surface area contributed by atoms with Crippen molar-refractivity contribution in [1.82, 2.24) is 5.32 Å². The number of carbonyl (C=O) groups excluding carboxylic acids is 1. The van der Waals surface area contributed by atoms with E-state index in [1.54, 1.807) is 26.8 Å². The summed E-state index contributed by atoms with van der Waals surface area (Å²) in [7, 11) is -3.35. The quantitative estimate of drug-likeness (QED) is 0.861. The third-order valence-electron chi connectivity index (χ3n) is 2.73. The van der Waals surface area contributed by atoms with Crippen LogP contribution >= 0.6 is 0 Å². The molecule has 0 atom stereocenters. The number of sulfone groups is 1. The minimum atomic E-state index is -3.35. The van der Waals surface area contributed by atoms with Crippen LogP contribution in [-0.2, 0) is 9.84 Å². The second-order valence-electron chi connectivity index (χ2n) is 5.25. The Kier molecular flexibility index (Phi) is 4.37. The minimum Gasteiger partial charge on any atom is -0.394 e. The number of aryl methyl sites for hydroxylation is 1. The molecule has 0 aliphatic heterocycles. The smallest absolute Gasteiger partial charge is 0.252 e. The molecule has 0 saturated heterocycles. The Morgan fingerprint density at radius 1 is 1.37 bits per heavy atom. The van der Waals surface area contributed by atoms with Gasteiger partial charge < -0.3 is 10.4 Å². The van der Waals surface area contributed by atoms with Crippen molar-refractivity contribution in [3.05, 3.63) is 29.3 Å². The standard InChI is InChI=1S/C13H19NO4S/c1-9-5-6-10(19(4,17)18)7-11(9)12(16)14-13(2,3)8-15/h5-7,15H,8H2,1-4H3,(H,14,16). The molecule has 0 bridgehead atoms. The number of benzene rings is 1. The molecule has 5 nitrogen and oxygen atoms in total. The van der Waals surface area contributed by atoms with E-state index >= 15 is 0 Å². The fraction of sp³-hybridized carbons (Fsp3) is 0.462. The van der Waals surface area contributed by atoms with Gasteiger partial charge in [0.15, 0.2) is 9.84 Å². The normalized spacial score (nSPS) is 12.3. The van der Waals surface area contributed by atoms with Gasteiger partial charge in [-0.2, -0.15) is 0 Å². The number of aliphatic hydroxyl groups is 1. The number of amides is 1. The average Bonchev–Trinajstić information content (AvgIpc) is 2.27. The fourth-order valence-electron chi connectivity index (χ4n) is 1.49. The molecule has 1 aromatic carbocycles. The van der Waals surface area contributed by atoms with Gasteiger partial charge in [0.05, 0.1) is 17.0 Å². The van der Waals surface area contributed by atoms with Crippen molar-refractivity contribution in [3.63, 3.8) is 0 Å². The van der Waals surface area contributed by atoms with Crippen LogP contribution in [0.25, 0.3) is 0 Å². The van der Waals surface area contributed by atoms with Crippen molar-refractivity contribution in [3.8, 4) is 0 Å². The first-order valence-corrected chi connectivity index (χ1v) is 7.70. The predicted octanol–water partition coefficient (Wildman–Crippen LogP) is 0.899. The molecule has 6 heteroatoms. The van der Waals surface area contributed by atoms with Crippen LogP contribution in [-0.4, -0.2) is 37.8 Å². The lowest BCUT2D eigenvalue weighted by Gasteiger charge is -2.24. The summed E-state index contributed by atoms with van der Waals surface area (Å²) in [6.07, 6.45) is 1.09. The molecule has 1 aromatic rings. The highest BCUT2D eigenvalue weighted by Crippen LogP contribution is 2.16. The van der Waals surface area contributed by atoms with Crippen molar-refractivity contribution in [2.24, 2.45) is 0 Å². The molecule has 0 fully saturated rings. The number of aliphatic hydroxyl groups excluding tert-OH is 1. The molecule has 2 N–H and O–H groups in total. The summed E-state index contributed by atoms with van der Waals surface area (Å²) in [6, 6.07) is 4.42. The molecule has 0 radical (unpaired) electrons. The Morgan fingerprint density at radius 2 is 1.95 bits per heavy atom. The van der Waals surface area contributed by atoms with Crippen molar-refractivity contribution < 1.29 is 18.3 Å². The lowest BCUT2D eigenvalue weighted by atomic mass is 10.0. The maximum Gasteiger partial charge on any atom is 0.252 e. The van der Waals surface area contributed by atoms with Crippen molar-refractivity contribution in [1.29, 1.82) is 0 Å². The largest absolute Gasteiger partial charge is 0.394 e. The molecule has 0 spiro atoms. The topological polar surface area (TPSA) is 83.5 Å². The Labute approximate surface area is 113 Å². The fourth-order valence-corrected chi connectivity index (χ4v) is 2.14. The number of rotatable bonds is 4. The zero-order valence-electron chi connectivity index (χ0n) is 11.5. The summed E-state index contributed by atoms with van der Waals surface area (Å²) in [5.41, 5.74) is 0.216. The first kappa shape index (κ1) is 15.7. The van der Waals surface area contributed by atoms with E-state index in [0.29, 0.717) is 11.1 Å². The van der Waals surface area contributed by atoms with Gasteiger partial charge in [-0.25, -0.2) is 8.42 Å². The van der Waals surface area contributed by atoms with E-state index in [9.17, 15) is 13.2 Å². The van der Waals surface area contributed by atoms with Gasteiger partial charge in [-0.15, -0.1) is 0 Å². The van der Waals surface area contributed by atoms with Gasteiger partial charge in [0.1, 0.15) is 0 Å². The molecule has 1 rings (SSSR count). The van der Waals surface area contributed by atoms with E-state index in [1.165, 1.54) is 12.1 Å². The first-order valence-electron chi connectivity index (χ1n) is 5.81. The molecule has 0 aliphatic rings. The first-order chi connectivity index (χ1) is 8.57. The van der Waals surface area contributed by atoms with Gasteiger partial charge in [-0.05, 0) is 38.5 Å². The molecule has 1 amide bonds. The van der Waals surface area contributed by atoms with Gasteiger partial charge in [-0.1, -0.05) is 6.07 Å². The maximum absolute atomic E-state index is 12.1. The molecule has 0 aliphatic carbocycles. The average molecular weight is 285 g/mol. The van der Waals surface area contributed by atoms with Crippen LogP contribution < -0.4 is 5.32 Å². The van der Waals surface area contributed by atoms with E-state index in [2.05, 4.69) is 5.32 Å². The van der Waals surface area contributed by atoms with Crippen LogP contribution in [0.4, 0.5) is 0 Å². The van der Waals surface area contributed by atoms with Crippen LogP contribution in [0.15, 0.2) is 23.1 Å². The third kappa shape index (κ3) is 4.04. The number of nitrogens with one attached hydrogen (secondary N) is 1. The van der Waals surface area contributed by atoms with Crippen molar-refractivity contribution >= 4 is 15.7 Å². The zero-order valence-corrected chi connectivity index (χ0v) is 12.3. The molecule has 0 heterocycles. The summed E-state index contributed by atoms with van der Waals surface area (Å²) < 4.78 is 23.0. The minimum absolute atomic E-state index is 0.102. The maximum atomic E-state index is 12.1. The number of hydrogen-bond acceptors (Lipinski definition) is 4. The van der Waals surface area contributed by atoms with Gasteiger partial charge in [0.2, 0.25) is 0 Å². The molecule has 19 heavy (non-hydrogen) atoms. The highest BCUT2D eigenvalue weighted by atomic mass is 32.2. The van der Waals surface area contributed by atoms with Gasteiger partial charge in [-0.3, -0.25) is 4.79 Å². The van der Waals surface area contributed by atoms with Crippen LogP contribution in [0.1, 0.15) is 29.8 Å². The second-order valence-corrected chi connectivity index (χ2v) is 7.26. The van der Waals surface area contributed by atoms with Gasteiger partial charge in [0, 0.05) is 11.8 Å². The lowest BCUT2D eigenvalue weighted by Crippen LogP contribution is -2.46. The van der Waals surface area contributed by atoms with E-state index in [0.717, 1.165) is 6.26 Å². The molecular weight excluding hydrogens is 266 g/mol. The lowest BCUT2D eigenvalue weighted by molar-refractivity contribution is 0.0868. The van der Waals surface area contributed by atoms with E-state index in [-0.39, 0.29) is 11.5 Å². The Balaban J connectivity index is 3.17. The molecule has 0 aromatic heterocycles. The third-order valence-corrected chi connectivity index (χ3v) is 3.84. The molecule has 0 saturated carbocycles. The van der Waals surface area contributed by atoms with Crippen LogP contribution in [0.3, 0.4) is 0 Å². The van der Waals surface area contributed by atoms with Crippen molar-refractivity contribution in [2.75, 3.05) is 12.9 Å². The molecular formula is C13H19NO4S. The van der Waals surface area contributed by atoms with Gasteiger partial charge >= 0.3 is 0 Å². The number of carbonyl (C=O) groups is 1. The summed E-state index contributed by atoms with van der Waals surface area (Å²) >= 11 is 0. The van der Waals surface area contributed by atoms with Crippen LogP contribution in [0, 0.1) is 6.92 Å². The molecule has 0 unspecified atom stereocenters. The summed E-state index contributed by atoms with van der Waals surface area (Å²) in [5.74, 6) is -0.401. The van der Waals surface area contributed by atoms with Crippen LogP contribution in [0.2, 0.25) is 0 Å². The SMILES string of the molecule is Cc1ccc(S(C)(=O)=O)cc1C(=O)NC(C)(C)CO. The predicted molar refractivity (Wildman–Crippen MR) is 72.9 cm³/mol. The van der Waals surface area contributed by atoms with Gasteiger partial charge in [0.25, 0.3) is 5.91 Å². The van der Waals surface area contributed by atoms with E-state index in [4.69, 9.17) is 5.11 Å². The Hall–Kier alpha value is -1.40. The van der Waals surface area contributed by atoms with E-state index < -0.39 is 21.3 Å². The monoisotopic (exact) mass is 285 g/mol. The summed E-state index contributed by atoms with van der Waals surface area (Å²) in [6.45, 7) is 4.89. The summed E-state index contributed by atoms with van der Waals surface area (Å²) in [5, 5.41) is 11.8. The Morgan fingerprint density at radius 3 is 2.42 bits per heavy atom. The summed E-state index contributed by atoms with van der Waals surface area (Å²) in [4.78, 5) is 12.2. The van der Waals surface area contributed by atoms with E-state index in [1.807, 2.05) is 0 Å². The highest BCUT2D eigenvalue weighted by Gasteiger charge is 2.22.